The van der Waals surface area contributed by atoms with Crippen LogP contribution in [-0.4, -0.2) is 34.3 Å². The van der Waals surface area contributed by atoms with Crippen molar-refractivity contribution < 1.29 is 23.8 Å². The lowest BCUT2D eigenvalue weighted by atomic mass is 10.0. The number of nitrogens with one attached hydrogen (secondary N) is 1. The van der Waals surface area contributed by atoms with Crippen LogP contribution in [-0.2, 0) is 11.3 Å². The number of benzene rings is 2. The van der Waals surface area contributed by atoms with E-state index in [9.17, 15) is 9.59 Å². The Kier molecular flexibility index (Phi) is 7.74. The van der Waals surface area contributed by atoms with Crippen LogP contribution in [0.5, 0.6) is 11.5 Å². The predicted octanol–water partition coefficient (Wildman–Crippen LogP) is 5.59. The van der Waals surface area contributed by atoms with Gasteiger partial charge in [-0.2, -0.15) is 8.75 Å². The number of carbonyl (C=O) groups is 2. The molecule has 2 aromatic heterocycles. The molecular weight excluding hydrogens is 486 g/mol. The largest absolute Gasteiger partial charge is 0.497 e. The third kappa shape index (κ3) is 5.67. The quantitative estimate of drug-likeness (QED) is 0.294. The van der Waals surface area contributed by atoms with E-state index in [4.69, 9.17) is 14.2 Å². The van der Waals surface area contributed by atoms with E-state index in [-0.39, 0.29) is 12.5 Å². The van der Waals surface area contributed by atoms with Crippen molar-refractivity contribution in [2.75, 3.05) is 19.0 Å². The SMILES string of the molecule is CCOC(=O)c1c(-c2ccc(OC)cc2)csc1NC(=O)c1ccc(OCc2nsnc2C)cc1. The molecule has 8 nitrogen and oxygen atoms in total. The summed E-state index contributed by atoms with van der Waals surface area (Å²) in [6.45, 7) is 4.15. The van der Waals surface area contributed by atoms with Crippen LogP contribution in [0.4, 0.5) is 5.00 Å². The van der Waals surface area contributed by atoms with Crippen LogP contribution in [0.25, 0.3) is 11.1 Å². The number of carbonyl (C=O) groups excluding carboxylic acids is 2. The molecule has 2 aromatic carbocycles. The van der Waals surface area contributed by atoms with Gasteiger partial charge in [-0.05, 0) is 55.8 Å². The number of aryl methyl sites for hydroxylation is 1. The molecule has 2 heterocycles. The summed E-state index contributed by atoms with van der Waals surface area (Å²) in [6.07, 6.45) is 0. The maximum absolute atomic E-state index is 12.9. The highest BCUT2D eigenvalue weighted by Crippen LogP contribution is 2.37. The van der Waals surface area contributed by atoms with Crippen LogP contribution in [0.2, 0.25) is 0 Å². The van der Waals surface area contributed by atoms with Crippen molar-refractivity contribution in [1.29, 1.82) is 0 Å². The van der Waals surface area contributed by atoms with Gasteiger partial charge in [-0.3, -0.25) is 4.79 Å². The molecule has 0 spiro atoms. The van der Waals surface area contributed by atoms with Gasteiger partial charge in [-0.25, -0.2) is 4.79 Å². The Morgan fingerprint density at radius 1 is 1.00 bits per heavy atom. The van der Waals surface area contributed by atoms with Gasteiger partial charge in [0.25, 0.3) is 5.91 Å². The van der Waals surface area contributed by atoms with Crippen molar-refractivity contribution in [3.8, 4) is 22.6 Å². The lowest BCUT2D eigenvalue weighted by Gasteiger charge is -2.10. The minimum Gasteiger partial charge on any atom is -0.497 e. The van der Waals surface area contributed by atoms with Gasteiger partial charge in [-0.1, -0.05) is 12.1 Å². The van der Waals surface area contributed by atoms with Crippen LogP contribution < -0.4 is 14.8 Å². The topological polar surface area (TPSA) is 99.6 Å². The molecule has 0 unspecified atom stereocenters. The zero-order chi connectivity index (χ0) is 24.8. The molecule has 0 aliphatic heterocycles. The molecule has 0 bridgehead atoms. The van der Waals surface area contributed by atoms with Crippen LogP contribution in [0.1, 0.15) is 39.0 Å². The summed E-state index contributed by atoms with van der Waals surface area (Å²) in [4.78, 5) is 25.7. The fraction of sp³-hybridized carbons (Fsp3) is 0.200. The predicted molar refractivity (Wildman–Crippen MR) is 136 cm³/mol. The second kappa shape index (κ2) is 11.1. The number of hydrogen-bond donors (Lipinski definition) is 1. The molecule has 10 heteroatoms. The van der Waals surface area contributed by atoms with E-state index in [1.54, 1.807) is 38.3 Å². The third-order valence-corrected chi connectivity index (χ3v) is 6.69. The maximum Gasteiger partial charge on any atom is 0.341 e. The van der Waals surface area contributed by atoms with Gasteiger partial charge >= 0.3 is 5.97 Å². The van der Waals surface area contributed by atoms with Crippen molar-refractivity contribution in [3.63, 3.8) is 0 Å². The molecule has 35 heavy (non-hydrogen) atoms. The van der Waals surface area contributed by atoms with Gasteiger partial charge in [0, 0.05) is 16.5 Å². The van der Waals surface area contributed by atoms with Crippen LogP contribution >= 0.6 is 23.1 Å². The first kappa shape index (κ1) is 24.4. The van der Waals surface area contributed by atoms with Crippen molar-refractivity contribution in [2.45, 2.75) is 20.5 Å². The Labute approximate surface area is 210 Å². The summed E-state index contributed by atoms with van der Waals surface area (Å²) in [5, 5.41) is 5.11. The molecule has 0 atom stereocenters. The number of aromatic nitrogens is 2. The Morgan fingerprint density at radius 3 is 2.34 bits per heavy atom. The lowest BCUT2D eigenvalue weighted by Crippen LogP contribution is -2.14. The summed E-state index contributed by atoms with van der Waals surface area (Å²) >= 11 is 2.41. The molecule has 0 aliphatic rings. The molecular formula is C25H23N3O5S2. The fourth-order valence-electron chi connectivity index (χ4n) is 3.25. The number of esters is 1. The molecule has 4 rings (SSSR count). The zero-order valence-corrected chi connectivity index (χ0v) is 21.0. The molecule has 0 aliphatic carbocycles. The fourth-order valence-corrected chi connectivity index (χ4v) is 4.75. The Morgan fingerprint density at radius 2 is 1.71 bits per heavy atom. The Bertz CT molecular complexity index is 1310. The monoisotopic (exact) mass is 509 g/mol. The van der Waals surface area contributed by atoms with Gasteiger partial charge < -0.3 is 19.5 Å². The first-order chi connectivity index (χ1) is 17.0. The number of thiophene rings is 1. The maximum atomic E-state index is 12.9. The van der Waals surface area contributed by atoms with E-state index in [0.717, 1.165) is 28.7 Å². The van der Waals surface area contributed by atoms with Gasteiger partial charge in [0.05, 0.1) is 31.1 Å². The van der Waals surface area contributed by atoms with Crippen molar-refractivity contribution in [1.82, 2.24) is 8.75 Å². The lowest BCUT2D eigenvalue weighted by molar-refractivity contribution is 0.0529. The highest BCUT2D eigenvalue weighted by molar-refractivity contribution is 7.15. The molecule has 0 saturated heterocycles. The number of anilines is 1. The second-order valence-corrected chi connectivity index (χ2v) is 8.77. The number of nitrogens with zero attached hydrogens (tertiary/aromatic N) is 2. The summed E-state index contributed by atoms with van der Waals surface area (Å²) in [6, 6.07) is 14.1. The van der Waals surface area contributed by atoms with E-state index in [2.05, 4.69) is 14.1 Å². The van der Waals surface area contributed by atoms with Crippen LogP contribution in [0, 0.1) is 6.92 Å². The van der Waals surface area contributed by atoms with E-state index in [1.165, 1.54) is 11.3 Å². The smallest absolute Gasteiger partial charge is 0.341 e. The molecule has 4 aromatic rings. The first-order valence-electron chi connectivity index (χ1n) is 10.8. The molecule has 1 N–H and O–H groups in total. The molecule has 0 saturated carbocycles. The van der Waals surface area contributed by atoms with E-state index in [0.29, 0.717) is 39.8 Å². The van der Waals surface area contributed by atoms with E-state index >= 15 is 0 Å². The molecule has 1 amide bonds. The Hall–Kier alpha value is -3.76. The number of amides is 1. The molecule has 0 radical (unpaired) electrons. The summed E-state index contributed by atoms with van der Waals surface area (Å²) < 4.78 is 24.5. The summed E-state index contributed by atoms with van der Waals surface area (Å²) in [7, 11) is 1.59. The molecule has 0 fully saturated rings. The first-order valence-corrected chi connectivity index (χ1v) is 12.4. The van der Waals surface area contributed by atoms with Gasteiger partial charge in [0.15, 0.2) is 0 Å². The van der Waals surface area contributed by atoms with E-state index < -0.39 is 5.97 Å². The summed E-state index contributed by atoms with van der Waals surface area (Å²) in [5.41, 5.74) is 3.88. The van der Waals surface area contributed by atoms with Crippen molar-refractivity contribution in [3.05, 3.63) is 76.4 Å². The van der Waals surface area contributed by atoms with Gasteiger partial charge in [0.2, 0.25) is 0 Å². The third-order valence-electron chi connectivity index (χ3n) is 5.14. The summed E-state index contributed by atoms with van der Waals surface area (Å²) in [5.74, 6) is 0.482. The van der Waals surface area contributed by atoms with Crippen LogP contribution in [0.15, 0.2) is 53.9 Å². The standard InChI is InChI=1S/C25H23N3O5S2/c1-4-32-25(30)22-20(16-5-9-18(31-3)10-6-16)14-34-24(22)26-23(29)17-7-11-19(12-8-17)33-13-21-15(2)27-35-28-21/h5-12,14H,4,13H2,1-3H3,(H,26,29). The Balaban J connectivity index is 1.51. The minimum atomic E-state index is -0.495. The molecule has 180 valence electrons. The number of ether oxygens (including phenoxy) is 3. The van der Waals surface area contributed by atoms with E-state index in [1.807, 2.05) is 36.6 Å². The van der Waals surface area contributed by atoms with Crippen molar-refractivity contribution >= 4 is 39.9 Å². The highest BCUT2D eigenvalue weighted by Gasteiger charge is 2.23. The van der Waals surface area contributed by atoms with Gasteiger partial charge in [0.1, 0.15) is 34.4 Å². The van der Waals surface area contributed by atoms with Crippen molar-refractivity contribution in [2.24, 2.45) is 0 Å². The highest BCUT2D eigenvalue weighted by atomic mass is 32.1. The minimum absolute atomic E-state index is 0.224. The zero-order valence-electron chi connectivity index (χ0n) is 19.4. The second-order valence-electron chi connectivity index (χ2n) is 7.37. The van der Waals surface area contributed by atoms with Crippen LogP contribution in [0.3, 0.4) is 0 Å². The number of hydrogen-bond acceptors (Lipinski definition) is 9. The van der Waals surface area contributed by atoms with Gasteiger partial charge in [-0.15, -0.1) is 11.3 Å². The average molecular weight is 510 g/mol. The number of methoxy groups -OCH3 is 1. The number of rotatable bonds is 9. The normalized spacial score (nSPS) is 10.6. The average Bonchev–Trinajstić information content (AvgIpc) is 3.49.